The maximum atomic E-state index is 12.2. The van der Waals surface area contributed by atoms with E-state index in [1.807, 2.05) is 0 Å². The lowest BCUT2D eigenvalue weighted by Gasteiger charge is -2.47. The smallest absolute Gasteiger partial charge is 0.325 e. The van der Waals surface area contributed by atoms with Crippen LogP contribution in [0.4, 0.5) is 9.59 Å². The van der Waals surface area contributed by atoms with Gasteiger partial charge in [0.25, 0.3) is 0 Å². The van der Waals surface area contributed by atoms with Crippen molar-refractivity contribution >= 4 is 12.1 Å². The summed E-state index contributed by atoms with van der Waals surface area (Å²) in [5, 5.41) is 45.1. The SMILES string of the molecule is CN1C(=O)N(C)C(O)C(NC2C(O)N(C)C(=O)N(C)C2O)=C1[O-]. The van der Waals surface area contributed by atoms with Crippen molar-refractivity contribution in [2.75, 3.05) is 28.2 Å². The van der Waals surface area contributed by atoms with Crippen LogP contribution in [-0.2, 0) is 0 Å². The van der Waals surface area contributed by atoms with Crippen LogP contribution in [0.5, 0.6) is 0 Å². The van der Waals surface area contributed by atoms with Gasteiger partial charge in [-0.15, -0.1) is 0 Å². The van der Waals surface area contributed by atoms with Crippen molar-refractivity contribution < 1.29 is 30.0 Å². The van der Waals surface area contributed by atoms with Crippen LogP contribution >= 0.6 is 0 Å². The average molecular weight is 330 g/mol. The third-order valence-electron chi connectivity index (χ3n) is 4.11. The monoisotopic (exact) mass is 330 g/mol. The fourth-order valence-corrected chi connectivity index (χ4v) is 2.49. The van der Waals surface area contributed by atoms with Crippen LogP contribution in [0, 0.1) is 0 Å². The summed E-state index contributed by atoms with van der Waals surface area (Å²) in [4.78, 5) is 27.2. The van der Waals surface area contributed by atoms with Crippen molar-refractivity contribution in [2.24, 2.45) is 0 Å². The number of rotatable bonds is 2. The molecule has 2 aliphatic heterocycles. The van der Waals surface area contributed by atoms with Crippen molar-refractivity contribution in [3.63, 3.8) is 0 Å². The second kappa shape index (κ2) is 5.76. The van der Waals surface area contributed by atoms with Crippen LogP contribution < -0.4 is 10.4 Å². The highest BCUT2D eigenvalue weighted by Gasteiger charge is 2.44. The van der Waals surface area contributed by atoms with Gasteiger partial charge in [-0.3, -0.25) is 14.7 Å². The number of nitrogens with zero attached hydrogens (tertiary/aromatic N) is 4. The van der Waals surface area contributed by atoms with E-state index in [1.165, 1.54) is 28.2 Å². The predicted octanol–water partition coefficient (Wildman–Crippen LogP) is -3.58. The summed E-state index contributed by atoms with van der Waals surface area (Å²) in [6, 6.07) is -2.46. The van der Waals surface area contributed by atoms with E-state index in [1.54, 1.807) is 0 Å². The van der Waals surface area contributed by atoms with Gasteiger partial charge in [0.2, 0.25) is 0 Å². The fraction of sp³-hybridized carbons (Fsp3) is 0.667. The molecule has 0 saturated carbocycles. The Labute approximate surface area is 132 Å². The van der Waals surface area contributed by atoms with Gasteiger partial charge in [-0.1, -0.05) is 0 Å². The Morgan fingerprint density at radius 3 is 1.87 bits per heavy atom. The average Bonchev–Trinajstić information content (AvgIpc) is 2.54. The van der Waals surface area contributed by atoms with Crippen molar-refractivity contribution in [1.29, 1.82) is 0 Å². The van der Waals surface area contributed by atoms with Crippen molar-refractivity contribution in [1.82, 2.24) is 24.9 Å². The molecule has 3 unspecified atom stereocenters. The fourth-order valence-electron chi connectivity index (χ4n) is 2.49. The van der Waals surface area contributed by atoms with E-state index >= 15 is 0 Å². The Bertz CT molecular complexity index is 536. The molecule has 0 radical (unpaired) electrons. The van der Waals surface area contributed by atoms with Crippen molar-refractivity contribution in [3.8, 4) is 0 Å². The Balaban J connectivity index is 2.32. The van der Waals surface area contributed by atoms with Crippen LogP contribution in [0.3, 0.4) is 0 Å². The summed E-state index contributed by atoms with van der Waals surface area (Å²) < 4.78 is 0. The molecule has 0 spiro atoms. The van der Waals surface area contributed by atoms with E-state index in [0.29, 0.717) is 0 Å². The second-order valence-corrected chi connectivity index (χ2v) is 5.55. The van der Waals surface area contributed by atoms with Crippen molar-refractivity contribution in [2.45, 2.75) is 24.7 Å². The van der Waals surface area contributed by atoms with E-state index < -0.39 is 42.7 Å². The van der Waals surface area contributed by atoms with Gasteiger partial charge in [-0.05, 0) is 5.88 Å². The number of urea groups is 2. The first kappa shape index (κ1) is 17.1. The molecule has 0 aromatic rings. The van der Waals surface area contributed by atoms with Gasteiger partial charge < -0.3 is 30.6 Å². The summed E-state index contributed by atoms with van der Waals surface area (Å²) in [5.74, 6) is -0.790. The molecule has 4 N–H and O–H groups in total. The van der Waals surface area contributed by atoms with Gasteiger partial charge in [-0.25, -0.2) is 9.59 Å². The molecule has 1 saturated heterocycles. The van der Waals surface area contributed by atoms with E-state index in [9.17, 15) is 30.0 Å². The summed E-state index contributed by atoms with van der Waals surface area (Å²) in [6.07, 6.45) is -4.43. The standard InChI is InChI=1S/C12H21N5O6/c1-14-7(18)5(8(19)15(2)11(14)22)13-6-9(20)16(3)12(23)17(4)10(6)21/h5,7-9,13,18-21H,1-4H3/p-1. The third kappa shape index (κ3) is 2.52. The lowest BCUT2D eigenvalue weighted by atomic mass is 10.1. The molecule has 0 bridgehead atoms. The Morgan fingerprint density at radius 2 is 1.39 bits per heavy atom. The lowest BCUT2D eigenvalue weighted by molar-refractivity contribution is -0.332. The quantitative estimate of drug-likeness (QED) is 0.410. The minimum Gasteiger partial charge on any atom is -0.859 e. The number of aliphatic hydroxyl groups is 3. The van der Waals surface area contributed by atoms with E-state index in [0.717, 1.165) is 19.6 Å². The molecule has 0 aromatic carbocycles. The Kier molecular flexibility index (Phi) is 4.28. The van der Waals surface area contributed by atoms with Crippen LogP contribution in [0.1, 0.15) is 0 Å². The van der Waals surface area contributed by atoms with Gasteiger partial charge in [0, 0.05) is 28.2 Å². The maximum absolute atomic E-state index is 12.2. The molecule has 0 aromatic heterocycles. The highest BCUT2D eigenvalue weighted by Crippen LogP contribution is 2.22. The first-order chi connectivity index (χ1) is 10.6. The molecule has 3 atom stereocenters. The molecule has 2 rings (SSSR count). The van der Waals surface area contributed by atoms with Gasteiger partial charge in [0.1, 0.15) is 6.04 Å². The predicted molar refractivity (Wildman–Crippen MR) is 73.8 cm³/mol. The molecule has 0 aliphatic carbocycles. The number of amides is 4. The highest BCUT2D eigenvalue weighted by atomic mass is 16.3. The maximum Gasteiger partial charge on any atom is 0.325 e. The topological polar surface area (TPSA) is 143 Å². The number of hydrogen-bond acceptors (Lipinski definition) is 7. The first-order valence-electron chi connectivity index (χ1n) is 6.81. The third-order valence-corrected chi connectivity index (χ3v) is 4.11. The summed E-state index contributed by atoms with van der Waals surface area (Å²) in [7, 11) is 5.20. The number of likely N-dealkylation sites (N-methyl/N-ethyl adjacent to an activating group) is 3. The van der Waals surface area contributed by atoms with Crippen LogP contribution in [-0.4, -0.2) is 99.9 Å². The van der Waals surface area contributed by atoms with Crippen LogP contribution in [0.25, 0.3) is 0 Å². The zero-order valence-electron chi connectivity index (χ0n) is 13.2. The molecule has 11 heteroatoms. The van der Waals surface area contributed by atoms with E-state index in [-0.39, 0.29) is 5.70 Å². The summed E-state index contributed by atoms with van der Waals surface area (Å²) in [5.41, 5.74) is -0.283. The molecule has 1 fully saturated rings. The highest BCUT2D eigenvalue weighted by molar-refractivity contribution is 5.77. The summed E-state index contributed by atoms with van der Waals surface area (Å²) in [6.45, 7) is 0. The van der Waals surface area contributed by atoms with Crippen LogP contribution in [0.2, 0.25) is 0 Å². The van der Waals surface area contributed by atoms with Crippen LogP contribution in [0.15, 0.2) is 11.6 Å². The second-order valence-electron chi connectivity index (χ2n) is 5.55. The van der Waals surface area contributed by atoms with Gasteiger partial charge in [0.15, 0.2) is 18.7 Å². The lowest BCUT2D eigenvalue weighted by Crippen LogP contribution is -2.69. The number of aliphatic hydroxyl groups excluding tert-OH is 3. The van der Waals surface area contributed by atoms with Gasteiger partial charge >= 0.3 is 12.1 Å². The molecule has 4 amide bonds. The number of carbonyl (C=O) groups is 2. The molecule has 130 valence electrons. The number of nitrogens with one attached hydrogen (secondary N) is 1. The van der Waals surface area contributed by atoms with E-state index in [2.05, 4.69) is 5.32 Å². The Morgan fingerprint density at radius 1 is 0.913 bits per heavy atom. The molecular weight excluding hydrogens is 310 g/mol. The van der Waals surface area contributed by atoms with Gasteiger partial charge in [0.05, 0.1) is 5.70 Å². The molecule has 11 nitrogen and oxygen atoms in total. The minimum absolute atomic E-state index is 0.283. The van der Waals surface area contributed by atoms with Crippen molar-refractivity contribution in [3.05, 3.63) is 11.6 Å². The van der Waals surface area contributed by atoms with Gasteiger partial charge in [-0.2, -0.15) is 0 Å². The first-order valence-corrected chi connectivity index (χ1v) is 6.81. The molecule has 23 heavy (non-hydrogen) atoms. The largest absolute Gasteiger partial charge is 0.859 e. The molecule has 2 heterocycles. The van der Waals surface area contributed by atoms with E-state index in [4.69, 9.17) is 0 Å². The molecule has 2 aliphatic rings. The number of hydrogen-bond donors (Lipinski definition) is 4. The molecular formula is C12H20N5O6-. The number of carbonyl (C=O) groups excluding carboxylic acids is 2. The summed E-state index contributed by atoms with van der Waals surface area (Å²) >= 11 is 0. The minimum atomic E-state index is -1.56. The zero-order valence-corrected chi connectivity index (χ0v) is 13.2. The normalized spacial score (nSPS) is 32.8. The Hall–Kier alpha value is -2.24. The zero-order chi connectivity index (χ0) is 17.6.